The molecule has 3 rings (SSSR count). The molecule has 1 aromatic carbocycles. The Kier molecular flexibility index (Phi) is 3.32. The smallest absolute Gasteiger partial charge is 0.146 e. The van der Waals surface area contributed by atoms with Gasteiger partial charge < -0.3 is 10.3 Å². The van der Waals surface area contributed by atoms with Crippen molar-refractivity contribution in [3.8, 4) is 11.4 Å². The molecule has 0 unspecified atom stereocenters. The van der Waals surface area contributed by atoms with E-state index in [1.54, 1.807) is 6.20 Å². The van der Waals surface area contributed by atoms with Crippen molar-refractivity contribution in [2.24, 2.45) is 7.05 Å². The number of imidazole rings is 1. The molecular formula is C13H17N5. The van der Waals surface area contributed by atoms with Gasteiger partial charge in [0, 0.05) is 7.05 Å². The lowest BCUT2D eigenvalue weighted by Gasteiger charge is -1.99. The van der Waals surface area contributed by atoms with E-state index in [2.05, 4.69) is 15.2 Å². The van der Waals surface area contributed by atoms with Gasteiger partial charge in [-0.25, -0.2) is 4.98 Å². The van der Waals surface area contributed by atoms with Crippen molar-refractivity contribution in [1.29, 1.82) is 0 Å². The van der Waals surface area contributed by atoms with Crippen molar-refractivity contribution in [3.63, 3.8) is 0 Å². The fraction of sp³-hybridized carbons (Fsp3) is 0.231. The van der Waals surface area contributed by atoms with E-state index in [0.717, 1.165) is 22.4 Å². The number of hydrogen-bond donors (Lipinski definition) is 2. The second-order valence-electron chi connectivity index (χ2n) is 3.68. The zero-order chi connectivity index (χ0) is 13.1. The zero-order valence-electron chi connectivity index (χ0n) is 10.8. The molecule has 0 radical (unpaired) electrons. The summed E-state index contributed by atoms with van der Waals surface area (Å²) in [7, 11) is 1.97. The summed E-state index contributed by atoms with van der Waals surface area (Å²) in [6.45, 7) is 4.00. The van der Waals surface area contributed by atoms with Crippen LogP contribution in [0.15, 0.2) is 30.5 Å². The van der Waals surface area contributed by atoms with Crippen LogP contribution in [0.4, 0.5) is 5.82 Å². The molecule has 0 saturated carbocycles. The lowest BCUT2D eigenvalue weighted by molar-refractivity contribution is 0.960. The van der Waals surface area contributed by atoms with E-state index in [-0.39, 0.29) is 0 Å². The number of nitrogens with zero attached hydrogens (tertiary/aromatic N) is 3. The lowest BCUT2D eigenvalue weighted by atomic mass is 10.3. The highest BCUT2D eigenvalue weighted by molar-refractivity contribution is 5.82. The Labute approximate surface area is 106 Å². The Morgan fingerprint density at radius 1 is 1.22 bits per heavy atom. The Morgan fingerprint density at radius 2 is 1.94 bits per heavy atom. The first-order chi connectivity index (χ1) is 8.77. The number of hydrogen-bond acceptors (Lipinski definition) is 3. The first kappa shape index (κ1) is 12.2. The van der Waals surface area contributed by atoms with E-state index in [1.165, 1.54) is 0 Å². The molecule has 0 spiro atoms. The third-order valence-electron chi connectivity index (χ3n) is 2.70. The van der Waals surface area contributed by atoms with Gasteiger partial charge in [0.25, 0.3) is 0 Å². The molecule has 0 atom stereocenters. The first-order valence-electron chi connectivity index (χ1n) is 5.98. The minimum atomic E-state index is 0.540. The average molecular weight is 243 g/mol. The number of aromatic amines is 1. The van der Waals surface area contributed by atoms with Crippen molar-refractivity contribution >= 4 is 16.9 Å². The normalized spacial score (nSPS) is 10.2. The third kappa shape index (κ3) is 1.84. The summed E-state index contributed by atoms with van der Waals surface area (Å²) < 4.78 is 2.01. The quantitative estimate of drug-likeness (QED) is 0.690. The highest BCUT2D eigenvalue weighted by Gasteiger charge is 2.12. The van der Waals surface area contributed by atoms with E-state index >= 15 is 0 Å². The van der Waals surface area contributed by atoms with Gasteiger partial charge in [0.1, 0.15) is 11.6 Å². The van der Waals surface area contributed by atoms with Crippen LogP contribution in [0.25, 0.3) is 22.4 Å². The molecule has 0 fully saturated rings. The van der Waals surface area contributed by atoms with Gasteiger partial charge in [0.05, 0.1) is 22.8 Å². The van der Waals surface area contributed by atoms with Gasteiger partial charge in [-0.2, -0.15) is 5.10 Å². The molecule has 0 bridgehead atoms. The number of para-hydroxylation sites is 2. The molecule has 3 aromatic rings. The number of nitrogens with one attached hydrogen (secondary N) is 1. The standard InChI is InChI=1S/C11H11N5.C2H6/c1-16-9-5-3-2-4-8(9)14-11(16)7-6-13-15-10(7)12;1-2/h2-6H,1H3,(H3,12,13,15);1-2H3. The third-order valence-corrected chi connectivity index (χ3v) is 2.70. The van der Waals surface area contributed by atoms with Crippen molar-refractivity contribution in [3.05, 3.63) is 30.5 Å². The molecule has 0 aliphatic heterocycles. The Hall–Kier alpha value is -2.30. The summed E-state index contributed by atoms with van der Waals surface area (Å²) in [6.07, 6.45) is 1.69. The number of nitrogen functional groups attached to an aromatic ring is 1. The predicted octanol–water partition coefficient (Wildman–Crippen LogP) is 2.57. The van der Waals surface area contributed by atoms with E-state index in [0.29, 0.717) is 5.82 Å². The molecule has 3 N–H and O–H groups in total. The lowest BCUT2D eigenvalue weighted by Crippen LogP contribution is -1.94. The maximum atomic E-state index is 5.79. The minimum absolute atomic E-state index is 0.540. The Balaban J connectivity index is 0.000000574. The molecule has 18 heavy (non-hydrogen) atoms. The maximum Gasteiger partial charge on any atom is 0.146 e. The number of aryl methyl sites for hydroxylation is 1. The number of anilines is 1. The molecule has 2 heterocycles. The van der Waals surface area contributed by atoms with Crippen LogP contribution in [0.1, 0.15) is 13.8 Å². The molecule has 2 aromatic heterocycles. The molecule has 0 aliphatic rings. The fourth-order valence-electron chi connectivity index (χ4n) is 1.86. The summed E-state index contributed by atoms with van der Waals surface area (Å²) in [6, 6.07) is 7.97. The number of rotatable bonds is 1. The Bertz CT molecular complexity index is 650. The van der Waals surface area contributed by atoms with Gasteiger partial charge in [-0.1, -0.05) is 26.0 Å². The average Bonchev–Trinajstić information content (AvgIpc) is 2.97. The predicted molar refractivity (Wildman–Crippen MR) is 74.1 cm³/mol. The second-order valence-corrected chi connectivity index (χ2v) is 3.68. The molecule has 94 valence electrons. The van der Waals surface area contributed by atoms with Gasteiger partial charge in [-0.3, -0.25) is 5.10 Å². The number of fused-ring (bicyclic) bond motifs is 1. The van der Waals surface area contributed by atoms with Crippen LogP contribution >= 0.6 is 0 Å². The molecule has 5 heteroatoms. The molecule has 0 saturated heterocycles. The van der Waals surface area contributed by atoms with Gasteiger partial charge in [0.15, 0.2) is 0 Å². The highest BCUT2D eigenvalue weighted by atomic mass is 15.2. The summed E-state index contributed by atoms with van der Waals surface area (Å²) >= 11 is 0. The van der Waals surface area contributed by atoms with Gasteiger partial charge in [-0.15, -0.1) is 0 Å². The molecule has 0 aliphatic carbocycles. The van der Waals surface area contributed by atoms with Gasteiger partial charge in [-0.05, 0) is 12.1 Å². The van der Waals surface area contributed by atoms with Crippen molar-refractivity contribution < 1.29 is 0 Å². The molecular weight excluding hydrogens is 226 g/mol. The number of aromatic nitrogens is 4. The molecule has 0 amide bonds. The van der Waals surface area contributed by atoms with Crippen LogP contribution < -0.4 is 5.73 Å². The zero-order valence-corrected chi connectivity index (χ0v) is 10.8. The molecule has 5 nitrogen and oxygen atoms in total. The van der Waals surface area contributed by atoms with Crippen LogP contribution in [0.3, 0.4) is 0 Å². The van der Waals surface area contributed by atoms with Gasteiger partial charge >= 0.3 is 0 Å². The number of nitrogens with two attached hydrogens (primary N) is 1. The summed E-state index contributed by atoms with van der Waals surface area (Å²) in [4.78, 5) is 4.54. The maximum absolute atomic E-state index is 5.79. The largest absolute Gasteiger partial charge is 0.383 e. The topological polar surface area (TPSA) is 72.5 Å². The minimum Gasteiger partial charge on any atom is -0.383 e. The number of H-pyrrole nitrogens is 1. The highest BCUT2D eigenvalue weighted by Crippen LogP contribution is 2.25. The van der Waals surface area contributed by atoms with Crippen LogP contribution in [0.2, 0.25) is 0 Å². The van der Waals surface area contributed by atoms with E-state index in [4.69, 9.17) is 5.73 Å². The summed E-state index contributed by atoms with van der Waals surface area (Å²) in [5.41, 5.74) is 8.66. The van der Waals surface area contributed by atoms with Crippen molar-refractivity contribution in [1.82, 2.24) is 19.7 Å². The van der Waals surface area contributed by atoms with Crippen molar-refractivity contribution in [2.45, 2.75) is 13.8 Å². The SMILES string of the molecule is CC.Cn1c(-c2cn[nH]c2N)nc2ccccc21. The van der Waals surface area contributed by atoms with Crippen LogP contribution in [0.5, 0.6) is 0 Å². The Morgan fingerprint density at radius 3 is 2.56 bits per heavy atom. The summed E-state index contributed by atoms with van der Waals surface area (Å²) in [5, 5.41) is 6.62. The first-order valence-corrected chi connectivity index (χ1v) is 5.98. The van der Waals surface area contributed by atoms with E-state index in [9.17, 15) is 0 Å². The number of benzene rings is 1. The van der Waals surface area contributed by atoms with Crippen LogP contribution in [-0.4, -0.2) is 19.7 Å². The van der Waals surface area contributed by atoms with E-state index < -0.39 is 0 Å². The fourth-order valence-corrected chi connectivity index (χ4v) is 1.86. The second kappa shape index (κ2) is 4.91. The van der Waals surface area contributed by atoms with Gasteiger partial charge in [0.2, 0.25) is 0 Å². The monoisotopic (exact) mass is 243 g/mol. The van der Waals surface area contributed by atoms with Crippen LogP contribution in [-0.2, 0) is 7.05 Å². The van der Waals surface area contributed by atoms with Crippen LogP contribution in [0, 0.1) is 0 Å². The van der Waals surface area contributed by atoms with Crippen molar-refractivity contribution in [2.75, 3.05) is 5.73 Å². The van der Waals surface area contributed by atoms with E-state index in [1.807, 2.05) is 49.7 Å². The summed E-state index contributed by atoms with van der Waals surface area (Å²) in [5.74, 6) is 1.37.